The Labute approximate surface area is 113 Å². The second kappa shape index (κ2) is 5.57. The summed E-state index contributed by atoms with van der Waals surface area (Å²) in [5.41, 5.74) is 0.722. The molecular formula is C14H21N3O2. The van der Waals surface area contributed by atoms with Crippen molar-refractivity contribution in [2.24, 2.45) is 5.92 Å². The average Bonchev–Trinajstić information content (AvgIpc) is 2.32. The highest BCUT2D eigenvalue weighted by Crippen LogP contribution is 2.15. The number of pyridine rings is 1. The van der Waals surface area contributed by atoms with E-state index in [9.17, 15) is 9.59 Å². The van der Waals surface area contributed by atoms with Crippen LogP contribution in [0.15, 0.2) is 17.1 Å². The van der Waals surface area contributed by atoms with E-state index >= 15 is 0 Å². The fraction of sp³-hybridized carbons (Fsp3) is 0.571. The van der Waals surface area contributed by atoms with Crippen LogP contribution in [0.1, 0.15) is 29.4 Å². The average molecular weight is 263 g/mol. The van der Waals surface area contributed by atoms with Crippen molar-refractivity contribution < 1.29 is 4.79 Å². The third-order valence-corrected chi connectivity index (χ3v) is 3.73. The number of rotatable bonds is 2. The summed E-state index contributed by atoms with van der Waals surface area (Å²) in [5, 5.41) is 2.98. The zero-order valence-corrected chi connectivity index (χ0v) is 11.7. The predicted octanol–water partition coefficient (Wildman–Crippen LogP) is 0.753. The number of carbonyl (C=O) groups is 1. The third kappa shape index (κ3) is 3.23. The van der Waals surface area contributed by atoms with Gasteiger partial charge in [0.15, 0.2) is 5.43 Å². The lowest BCUT2D eigenvalue weighted by Crippen LogP contribution is -2.49. The van der Waals surface area contributed by atoms with Crippen LogP contribution >= 0.6 is 0 Å². The van der Waals surface area contributed by atoms with Crippen molar-refractivity contribution in [3.05, 3.63) is 33.7 Å². The van der Waals surface area contributed by atoms with Crippen molar-refractivity contribution in [1.82, 2.24) is 15.2 Å². The first-order valence-electron chi connectivity index (χ1n) is 6.66. The van der Waals surface area contributed by atoms with Gasteiger partial charge in [0.25, 0.3) is 5.91 Å². The maximum atomic E-state index is 12.1. The minimum atomic E-state index is -0.275. The summed E-state index contributed by atoms with van der Waals surface area (Å²) in [6.45, 7) is 5.86. The molecule has 0 bridgehead atoms. The van der Waals surface area contributed by atoms with E-state index in [-0.39, 0.29) is 22.9 Å². The van der Waals surface area contributed by atoms with Crippen LogP contribution in [0.2, 0.25) is 0 Å². The molecule has 2 rings (SSSR count). The van der Waals surface area contributed by atoms with E-state index in [0.29, 0.717) is 5.92 Å². The molecule has 0 aromatic carbocycles. The van der Waals surface area contributed by atoms with E-state index in [4.69, 9.17) is 0 Å². The van der Waals surface area contributed by atoms with Gasteiger partial charge < -0.3 is 15.2 Å². The van der Waals surface area contributed by atoms with Gasteiger partial charge in [0.05, 0.1) is 0 Å². The summed E-state index contributed by atoms with van der Waals surface area (Å²) in [6, 6.07) is 1.59. The maximum Gasteiger partial charge on any atom is 0.256 e. The van der Waals surface area contributed by atoms with Crippen molar-refractivity contribution in [3.63, 3.8) is 0 Å². The van der Waals surface area contributed by atoms with Gasteiger partial charge in [-0.2, -0.15) is 0 Å². The second-order valence-corrected chi connectivity index (χ2v) is 5.50. The molecule has 5 nitrogen and oxygen atoms in total. The fourth-order valence-electron chi connectivity index (χ4n) is 2.57. The normalized spacial score (nSPS) is 24.2. The molecule has 2 atom stereocenters. The Kier molecular flexibility index (Phi) is 4.04. The Bertz CT molecular complexity index is 524. The lowest BCUT2D eigenvalue weighted by molar-refractivity contribution is 0.0882. The number of aromatic nitrogens is 1. The van der Waals surface area contributed by atoms with Crippen molar-refractivity contribution in [1.29, 1.82) is 0 Å². The van der Waals surface area contributed by atoms with Crippen LogP contribution in [0, 0.1) is 12.8 Å². The van der Waals surface area contributed by atoms with Gasteiger partial charge in [0, 0.05) is 30.5 Å². The molecular weight excluding hydrogens is 242 g/mol. The van der Waals surface area contributed by atoms with Gasteiger partial charge in [-0.05, 0) is 32.9 Å². The number of nitrogens with one attached hydrogen (secondary N) is 2. The number of piperidine rings is 1. The highest BCUT2D eigenvalue weighted by Gasteiger charge is 2.26. The Balaban J connectivity index is 2.07. The van der Waals surface area contributed by atoms with E-state index in [2.05, 4.69) is 29.2 Å². The monoisotopic (exact) mass is 263 g/mol. The fourth-order valence-corrected chi connectivity index (χ4v) is 2.57. The highest BCUT2D eigenvalue weighted by atomic mass is 16.2. The number of likely N-dealkylation sites (tertiary alicyclic amines) is 1. The molecule has 1 aliphatic heterocycles. The van der Waals surface area contributed by atoms with Crippen LogP contribution in [-0.4, -0.2) is 42.0 Å². The van der Waals surface area contributed by atoms with Gasteiger partial charge in [-0.3, -0.25) is 9.59 Å². The predicted molar refractivity (Wildman–Crippen MR) is 74.3 cm³/mol. The number of nitrogens with zero attached hydrogens (tertiary/aromatic N) is 1. The quantitative estimate of drug-likeness (QED) is 0.827. The summed E-state index contributed by atoms with van der Waals surface area (Å²) in [5.74, 6) is 0.120. The minimum Gasteiger partial charge on any atom is -0.364 e. The molecule has 0 aliphatic carbocycles. The molecule has 2 N–H and O–H groups in total. The number of hydrogen-bond donors (Lipinski definition) is 2. The number of hydrogen-bond acceptors (Lipinski definition) is 3. The first-order chi connectivity index (χ1) is 8.97. The molecule has 104 valence electrons. The number of amides is 1. The van der Waals surface area contributed by atoms with E-state index < -0.39 is 0 Å². The molecule has 1 fully saturated rings. The highest BCUT2D eigenvalue weighted by molar-refractivity contribution is 5.94. The maximum absolute atomic E-state index is 12.1. The van der Waals surface area contributed by atoms with Crippen LogP contribution in [0.5, 0.6) is 0 Å². The first-order valence-corrected chi connectivity index (χ1v) is 6.66. The van der Waals surface area contributed by atoms with Gasteiger partial charge in [-0.15, -0.1) is 0 Å². The van der Waals surface area contributed by atoms with Crippen LogP contribution in [-0.2, 0) is 0 Å². The molecule has 2 unspecified atom stereocenters. The zero-order chi connectivity index (χ0) is 14.0. The van der Waals surface area contributed by atoms with E-state index in [1.807, 2.05) is 0 Å². The summed E-state index contributed by atoms with van der Waals surface area (Å²) in [6.07, 6.45) is 2.42. The lowest BCUT2D eigenvalue weighted by Gasteiger charge is -2.35. The summed E-state index contributed by atoms with van der Waals surface area (Å²) < 4.78 is 0. The molecule has 0 radical (unpaired) electrons. The van der Waals surface area contributed by atoms with Gasteiger partial charge in [-0.1, -0.05) is 6.92 Å². The number of aryl methyl sites for hydroxylation is 1. The van der Waals surface area contributed by atoms with Crippen molar-refractivity contribution in [2.75, 3.05) is 20.1 Å². The molecule has 1 saturated heterocycles. The smallest absolute Gasteiger partial charge is 0.256 e. The Morgan fingerprint density at radius 2 is 2.26 bits per heavy atom. The van der Waals surface area contributed by atoms with Gasteiger partial charge in [0.1, 0.15) is 5.56 Å². The Morgan fingerprint density at radius 3 is 2.89 bits per heavy atom. The third-order valence-electron chi connectivity index (χ3n) is 3.73. The van der Waals surface area contributed by atoms with Crippen LogP contribution in [0.3, 0.4) is 0 Å². The van der Waals surface area contributed by atoms with Gasteiger partial charge in [0.2, 0.25) is 0 Å². The summed E-state index contributed by atoms with van der Waals surface area (Å²) in [7, 11) is 2.08. The van der Waals surface area contributed by atoms with E-state index in [0.717, 1.165) is 25.2 Å². The molecule has 1 amide bonds. The van der Waals surface area contributed by atoms with E-state index in [1.165, 1.54) is 12.3 Å². The largest absolute Gasteiger partial charge is 0.364 e. The van der Waals surface area contributed by atoms with Gasteiger partial charge >= 0.3 is 0 Å². The molecule has 1 aliphatic rings. The molecule has 2 heterocycles. The standard InChI is InChI=1S/C14H21N3O2/c1-9-8-17(3)5-4-12(9)16-14(19)11-7-15-10(2)6-13(11)18/h6-7,9,12H,4-5,8H2,1-3H3,(H,15,18)(H,16,19). The van der Waals surface area contributed by atoms with Crippen molar-refractivity contribution in [2.45, 2.75) is 26.3 Å². The molecule has 0 spiro atoms. The lowest BCUT2D eigenvalue weighted by atomic mass is 9.94. The molecule has 19 heavy (non-hydrogen) atoms. The Hall–Kier alpha value is -1.62. The SMILES string of the molecule is Cc1cc(=O)c(C(=O)NC2CCN(C)CC2C)c[nH]1. The van der Waals surface area contributed by atoms with Crippen molar-refractivity contribution in [3.8, 4) is 0 Å². The van der Waals surface area contributed by atoms with Crippen LogP contribution in [0.4, 0.5) is 0 Å². The first kappa shape index (κ1) is 13.8. The zero-order valence-electron chi connectivity index (χ0n) is 11.7. The molecule has 5 heteroatoms. The van der Waals surface area contributed by atoms with E-state index in [1.54, 1.807) is 6.92 Å². The summed E-state index contributed by atoms with van der Waals surface area (Å²) >= 11 is 0. The number of H-pyrrole nitrogens is 1. The van der Waals surface area contributed by atoms with Crippen LogP contribution in [0.25, 0.3) is 0 Å². The topological polar surface area (TPSA) is 65.2 Å². The second-order valence-electron chi connectivity index (χ2n) is 5.50. The number of aromatic amines is 1. The molecule has 0 saturated carbocycles. The molecule has 1 aromatic heterocycles. The van der Waals surface area contributed by atoms with Crippen LogP contribution < -0.4 is 10.7 Å². The Morgan fingerprint density at radius 1 is 1.53 bits per heavy atom. The van der Waals surface area contributed by atoms with Gasteiger partial charge in [-0.25, -0.2) is 0 Å². The minimum absolute atomic E-state index is 0.143. The summed E-state index contributed by atoms with van der Waals surface area (Å²) in [4.78, 5) is 29.1. The van der Waals surface area contributed by atoms with Crippen molar-refractivity contribution >= 4 is 5.91 Å². The number of carbonyl (C=O) groups excluding carboxylic acids is 1. The molecule has 1 aromatic rings.